The van der Waals surface area contributed by atoms with Gasteiger partial charge in [-0.3, -0.25) is 0 Å². The summed E-state index contributed by atoms with van der Waals surface area (Å²) < 4.78 is 31.6. The third kappa shape index (κ3) is 3.28. The molecule has 96 valence electrons. The van der Waals surface area contributed by atoms with E-state index in [1.165, 1.54) is 18.1 Å². The lowest BCUT2D eigenvalue weighted by Gasteiger charge is -2.25. The molecule has 1 rings (SSSR count). The molecule has 0 aliphatic rings. The van der Waals surface area contributed by atoms with Crippen molar-refractivity contribution in [3.8, 4) is 0 Å². The van der Waals surface area contributed by atoms with E-state index < -0.39 is 11.6 Å². The van der Waals surface area contributed by atoms with E-state index in [4.69, 9.17) is 15.6 Å². The number of rotatable bonds is 6. The van der Waals surface area contributed by atoms with E-state index in [-0.39, 0.29) is 24.5 Å². The van der Waals surface area contributed by atoms with Crippen LogP contribution >= 0.6 is 0 Å². The molecule has 0 unspecified atom stereocenters. The molecule has 0 spiro atoms. The summed E-state index contributed by atoms with van der Waals surface area (Å²) in [4.78, 5) is 1.46. The van der Waals surface area contributed by atoms with Gasteiger partial charge in [-0.15, -0.1) is 0 Å². The van der Waals surface area contributed by atoms with Gasteiger partial charge in [0.25, 0.3) is 0 Å². The molecule has 1 aromatic carbocycles. The number of hydrogen-bond acceptors (Lipinski definition) is 4. The summed E-state index contributed by atoms with van der Waals surface area (Å²) in [5, 5.41) is 8.91. The van der Waals surface area contributed by atoms with E-state index in [9.17, 15) is 8.78 Å². The minimum atomic E-state index is -1.01. The Hall–Kier alpha value is -1.40. The minimum Gasteiger partial charge on any atom is -0.397 e. The zero-order valence-corrected chi connectivity index (χ0v) is 9.62. The van der Waals surface area contributed by atoms with Crippen LogP contribution in [0.5, 0.6) is 0 Å². The van der Waals surface area contributed by atoms with Crippen LogP contribution in [0.1, 0.15) is 0 Å². The maximum atomic E-state index is 13.6. The number of ether oxygens (including phenoxy) is 1. The van der Waals surface area contributed by atoms with Crippen molar-refractivity contribution in [2.24, 2.45) is 0 Å². The zero-order chi connectivity index (χ0) is 12.8. The van der Waals surface area contributed by atoms with Crippen LogP contribution in [0.25, 0.3) is 0 Å². The predicted octanol–water partition coefficient (Wildman–Crippen LogP) is 0.992. The summed E-state index contributed by atoms with van der Waals surface area (Å²) in [5.41, 5.74) is 5.72. The van der Waals surface area contributed by atoms with Gasteiger partial charge in [-0.05, 0) is 12.1 Å². The number of aliphatic hydroxyl groups is 1. The summed E-state index contributed by atoms with van der Waals surface area (Å²) in [7, 11) is 1.50. The first-order valence-corrected chi connectivity index (χ1v) is 5.20. The lowest BCUT2D eigenvalue weighted by molar-refractivity contribution is 0.202. The Balaban J connectivity index is 3.03. The van der Waals surface area contributed by atoms with E-state index in [2.05, 4.69) is 0 Å². The van der Waals surface area contributed by atoms with Gasteiger partial charge in [0.2, 0.25) is 0 Å². The summed E-state index contributed by atoms with van der Waals surface area (Å²) in [5.74, 6) is -1.97. The Kier molecular flexibility index (Phi) is 5.11. The van der Waals surface area contributed by atoms with Gasteiger partial charge in [0.05, 0.1) is 24.6 Å². The van der Waals surface area contributed by atoms with Crippen molar-refractivity contribution in [2.75, 3.05) is 44.0 Å². The topological polar surface area (TPSA) is 58.7 Å². The number of methoxy groups -OCH3 is 1. The minimum absolute atomic E-state index is 0.0314. The first-order chi connectivity index (χ1) is 8.11. The van der Waals surface area contributed by atoms with Crippen molar-refractivity contribution in [3.05, 3.63) is 23.8 Å². The summed E-state index contributed by atoms with van der Waals surface area (Å²) in [6.45, 7) is 0.629. The summed E-state index contributed by atoms with van der Waals surface area (Å²) in [6.07, 6.45) is 0. The number of nitrogen functional groups attached to an aromatic ring is 1. The highest BCUT2D eigenvalue weighted by Gasteiger charge is 2.17. The van der Waals surface area contributed by atoms with E-state index >= 15 is 0 Å². The number of nitrogens with two attached hydrogens (primary N) is 1. The Labute approximate surface area is 98.6 Å². The average Bonchev–Trinajstić information content (AvgIpc) is 2.31. The van der Waals surface area contributed by atoms with Gasteiger partial charge < -0.3 is 20.5 Å². The predicted molar refractivity (Wildman–Crippen MR) is 61.9 cm³/mol. The third-order valence-corrected chi connectivity index (χ3v) is 2.35. The van der Waals surface area contributed by atoms with Crippen LogP contribution in [0.4, 0.5) is 20.2 Å². The number of aliphatic hydroxyl groups excluding tert-OH is 1. The van der Waals surface area contributed by atoms with Crippen LogP contribution in [0.15, 0.2) is 12.1 Å². The van der Waals surface area contributed by atoms with Gasteiger partial charge in [0.1, 0.15) is 0 Å². The second kappa shape index (κ2) is 6.36. The number of nitrogens with zero attached hydrogens (tertiary/aromatic N) is 1. The van der Waals surface area contributed by atoms with Crippen LogP contribution in [-0.4, -0.2) is 38.5 Å². The highest BCUT2D eigenvalue weighted by Crippen LogP contribution is 2.28. The summed E-state index contributed by atoms with van der Waals surface area (Å²) >= 11 is 0. The van der Waals surface area contributed by atoms with Crippen molar-refractivity contribution < 1.29 is 18.6 Å². The molecule has 3 N–H and O–H groups in total. The van der Waals surface area contributed by atoms with E-state index in [1.54, 1.807) is 0 Å². The van der Waals surface area contributed by atoms with Gasteiger partial charge in [0.15, 0.2) is 11.6 Å². The van der Waals surface area contributed by atoms with Gasteiger partial charge in [0, 0.05) is 20.2 Å². The molecule has 0 radical (unpaired) electrons. The lowest BCUT2D eigenvalue weighted by atomic mass is 10.2. The van der Waals surface area contributed by atoms with Crippen LogP contribution in [0.3, 0.4) is 0 Å². The number of anilines is 2. The van der Waals surface area contributed by atoms with Crippen molar-refractivity contribution in [1.29, 1.82) is 0 Å². The Morgan fingerprint density at radius 1 is 1.35 bits per heavy atom. The van der Waals surface area contributed by atoms with E-state index in [0.29, 0.717) is 13.2 Å². The van der Waals surface area contributed by atoms with Gasteiger partial charge >= 0.3 is 0 Å². The molecule has 0 saturated carbocycles. The molecule has 1 aromatic rings. The molecule has 4 nitrogen and oxygen atoms in total. The fraction of sp³-hybridized carbons (Fsp3) is 0.455. The molecule has 0 bridgehead atoms. The highest BCUT2D eigenvalue weighted by atomic mass is 19.2. The first kappa shape index (κ1) is 13.7. The SMILES string of the molecule is COCCN(CCO)c1c(N)ccc(F)c1F. The first-order valence-electron chi connectivity index (χ1n) is 5.20. The molecule has 6 heteroatoms. The molecular weight excluding hydrogens is 230 g/mol. The Morgan fingerprint density at radius 3 is 2.65 bits per heavy atom. The molecule has 0 fully saturated rings. The molecule has 0 heterocycles. The fourth-order valence-corrected chi connectivity index (χ4v) is 1.53. The summed E-state index contributed by atoms with van der Waals surface area (Å²) in [6, 6.07) is 2.27. The molecule has 0 aliphatic carbocycles. The number of benzene rings is 1. The zero-order valence-electron chi connectivity index (χ0n) is 9.62. The van der Waals surface area contributed by atoms with E-state index in [1.807, 2.05) is 0 Å². The highest BCUT2D eigenvalue weighted by molar-refractivity contribution is 5.68. The van der Waals surface area contributed by atoms with Crippen molar-refractivity contribution in [2.45, 2.75) is 0 Å². The normalized spacial score (nSPS) is 10.6. The van der Waals surface area contributed by atoms with Gasteiger partial charge in [-0.25, -0.2) is 8.78 Å². The quantitative estimate of drug-likeness (QED) is 0.735. The second-order valence-electron chi connectivity index (χ2n) is 3.50. The fourth-order valence-electron chi connectivity index (χ4n) is 1.53. The third-order valence-electron chi connectivity index (χ3n) is 2.35. The van der Waals surface area contributed by atoms with E-state index in [0.717, 1.165) is 6.07 Å². The maximum absolute atomic E-state index is 13.6. The molecule has 0 saturated heterocycles. The molecule has 0 aliphatic heterocycles. The van der Waals surface area contributed by atoms with Gasteiger partial charge in [-0.1, -0.05) is 0 Å². The molecule has 17 heavy (non-hydrogen) atoms. The van der Waals surface area contributed by atoms with Crippen molar-refractivity contribution >= 4 is 11.4 Å². The lowest BCUT2D eigenvalue weighted by Crippen LogP contribution is -2.31. The maximum Gasteiger partial charge on any atom is 0.184 e. The van der Waals surface area contributed by atoms with Crippen LogP contribution in [0.2, 0.25) is 0 Å². The monoisotopic (exact) mass is 246 g/mol. The molecule has 0 amide bonds. The van der Waals surface area contributed by atoms with Crippen molar-refractivity contribution in [3.63, 3.8) is 0 Å². The second-order valence-corrected chi connectivity index (χ2v) is 3.50. The number of hydrogen-bond donors (Lipinski definition) is 2. The molecule has 0 atom stereocenters. The number of halogens is 2. The standard InChI is InChI=1S/C11H16F2N2O2/c1-17-7-5-15(4-6-16)11-9(14)3-2-8(12)10(11)13/h2-3,16H,4-7,14H2,1H3. The van der Waals surface area contributed by atoms with Crippen LogP contribution in [0, 0.1) is 11.6 Å². The average molecular weight is 246 g/mol. The molecule has 0 aromatic heterocycles. The smallest absolute Gasteiger partial charge is 0.184 e. The van der Waals surface area contributed by atoms with Gasteiger partial charge in [-0.2, -0.15) is 0 Å². The molecular formula is C11H16F2N2O2. The van der Waals surface area contributed by atoms with Crippen LogP contribution in [-0.2, 0) is 4.74 Å². The largest absolute Gasteiger partial charge is 0.397 e. The Bertz CT molecular complexity index is 375. The van der Waals surface area contributed by atoms with Crippen LogP contribution < -0.4 is 10.6 Å². The Morgan fingerprint density at radius 2 is 2.06 bits per heavy atom. The van der Waals surface area contributed by atoms with Crippen molar-refractivity contribution in [1.82, 2.24) is 0 Å².